The summed E-state index contributed by atoms with van der Waals surface area (Å²) in [4.78, 5) is 15.9. The molecule has 0 saturated carbocycles. The number of benzene rings is 1. The van der Waals surface area contributed by atoms with Crippen molar-refractivity contribution >= 4 is 17.4 Å². The Labute approximate surface area is 104 Å². The third kappa shape index (κ3) is 2.45. The van der Waals surface area contributed by atoms with Crippen molar-refractivity contribution in [3.05, 3.63) is 53.5 Å². The molecule has 0 unspecified atom stereocenters. The molecular formula is C13H12FN3O. The molecule has 4 nitrogen and oxygen atoms in total. The highest BCUT2D eigenvalue weighted by molar-refractivity contribution is 6.07. The first-order chi connectivity index (χ1) is 8.58. The SMILES string of the molecule is Cc1ccc(NC(=O)c2cccc(F)c2N)nc1. The van der Waals surface area contributed by atoms with E-state index in [9.17, 15) is 9.18 Å². The van der Waals surface area contributed by atoms with E-state index in [1.54, 1.807) is 12.3 Å². The Balaban J connectivity index is 2.22. The number of hydrogen-bond acceptors (Lipinski definition) is 3. The number of amides is 1. The maximum atomic E-state index is 13.2. The maximum Gasteiger partial charge on any atom is 0.259 e. The minimum absolute atomic E-state index is 0.0948. The molecule has 0 spiro atoms. The fourth-order valence-electron chi connectivity index (χ4n) is 1.46. The molecule has 1 aromatic carbocycles. The number of halogens is 1. The van der Waals surface area contributed by atoms with Gasteiger partial charge in [-0.25, -0.2) is 9.37 Å². The number of nitrogens with zero attached hydrogens (tertiary/aromatic N) is 1. The third-order valence-corrected chi connectivity index (χ3v) is 2.45. The maximum absolute atomic E-state index is 13.2. The van der Waals surface area contributed by atoms with Crippen molar-refractivity contribution in [2.24, 2.45) is 0 Å². The Kier molecular flexibility index (Phi) is 3.23. The van der Waals surface area contributed by atoms with Gasteiger partial charge in [-0.05, 0) is 30.7 Å². The van der Waals surface area contributed by atoms with E-state index in [-0.39, 0.29) is 11.3 Å². The van der Waals surface area contributed by atoms with Crippen molar-refractivity contribution in [2.75, 3.05) is 11.1 Å². The molecule has 0 aliphatic carbocycles. The topological polar surface area (TPSA) is 68.0 Å². The summed E-state index contributed by atoms with van der Waals surface area (Å²) in [6.45, 7) is 1.89. The van der Waals surface area contributed by atoms with Crippen LogP contribution >= 0.6 is 0 Å². The number of pyridine rings is 1. The van der Waals surface area contributed by atoms with Crippen LogP contribution in [0, 0.1) is 12.7 Å². The van der Waals surface area contributed by atoms with Gasteiger partial charge in [0.2, 0.25) is 0 Å². The molecule has 3 N–H and O–H groups in total. The van der Waals surface area contributed by atoms with E-state index in [0.29, 0.717) is 5.82 Å². The van der Waals surface area contributed by atoms with Gasteiger partial charge in [0, 0.05) is 6.20 Å². The summed E-state index contributed by atoms with van der Waals surface area (Å²) >= 11 is 0. The van der Waals surface area contributed by atoms with Crippen LogP contribution in [0.4, 0.5) is 15.9 Å². The quantitative estimate of drug-likeness (QED) is 0.798. The third-order valence-electron chi connectivity index (χ3n) is 2.45. The lowest BCUT2D eigenvalue weighted by molar-refractivity contribution is 0.102. The van der Waals surface area contributed by atoms with Crippen molar-refractivity contribution in [3.63, 3.8) is 0 Å². The smallest absolute Gasteiger partial charge is 0.259 e. The second-order valence-electron chi connectivity index (χ2n) is 3.88. The van der Waals surface area contributed by atoms with E-state index >= 15 is 0 Å². The number of hydrogen-bond donors (Lipinski definition) is 2. The van der Waals surface area contributed by atoms with E-state index in [2.05, 4.69) is 10.3 Å². The zero-order chi connectivity index (χ0) is 13.1. The number of para-hydroxylation sites is 1. The molecule has 0 aliphatic rings. The van der Waals surface area contributed by atoms with Crippen molar-refractivity contribution < 1.29 is 9.18 Å². The van der Waals surface area contributed by atoms with Crippen molar-refractivity contribution in [3.8, 4) is 0 Å². The lowest BCUT2D eigenvalue weighted by atomic mass is 10.1. The van der Waals surface area contributed by atoms with Crippen molar-refractivity contribution in [2.45, 2.75) is 6.92 Å². The number of anilines is 2. The number of nitrogens with one attached hydrogen (secondary N) is 1. The number of rotatable bonds is 2. The average molecular weight is 245 g/mol. The van der Waals surface area contributed by atoms with Crippen LogP contribution in [0.15, 0.2) is 36.5 Å². The lowest BCUT2D eigenvalue weighted by Crippen LogP contribution is -2.15. The van der Waals surface area contributed by atoms with Crippen LogP contribution in [-0.2, 0) is 0 Å². The fraction of sp³-hybridized carbons (Fsp3) is 0.0769. The first-order valence-corrected chi connectivity index (χ1v) is 5.36. The van der Waals surface area contributed by atoms with Gasteiger partial charge in [-0.15, -0.1) is 0 Å². The number of nitrogen functional groups attached to an aromatic ring is 1. The Hall–Kier alpha value is -2.43. The van der Waals surface area contributed by atoms with Crippen LogP contribution in [0.5, 0.6) is 0 Å². The van der Waals surface area contributed by atoms with Crippen molar-refractivity contribution in [1.82, 2.24) is 4.98 Å². The molecule has 0 radical (unpaired) electrons. The molecule has 1 aromatic heterocycles. The van der Waals surface area contributed by atoms with Crippen LogP contribution in [0.2, 0.25) is 0 Å². The number of carbonyl (C=O) groups is 1. The van der Waals surface area contributed by atoms with E-state index < -0.39 is 11.7 Å². The molecule has 1 amide bonds. The molecule has 18 heavy (non-hydrogen) atoms. The molecule has 0 bridgehead atoms. The molecule has 0 saturated heterocycles. The highest BCUT2D eigenvalue weighted by Crippen LogP contribution is 2.17. The second-order valence-corrected chi connectivity index (χ2v) is 3.88. The second kappa shape index (κ2) is 4.83. The van der Waals surface area contributed by atoms with Crippen LogP contribution in [-0.4, -0.2) is 10.9 Å². The molecular weight excluding hydrogens is 233 g/mol. The van der Waals surface area contributed by atoms with Gasteiger partial charge >= 0.3 is 0 Å². The summed E-state index contributed by atoms with van der Waals surface area (Å²) in [6, 6.07) is 7.58. The van der Waals surface area contributed by atoms with Gasteiger partial charge in [0.05, 0.1) is 11.3 Å². The van der Waals surface area contributed by atoms with Gasteiger partial charge in [0.15, 0.2) is 0 Å². The predicted octanol–water partition coefficient (Wildman–Crippen LogP) is 2.36. The predicted molar refractivity (Wildman–Crippen MR) is 67.7 cm³/mol. The van der Waals surface area contributed by atoms with Gasteiger partial charge in [0.25, 0.3) is 5.91 Å². The monoisotopic (exact) mass is 245 g/mol. The largest absolute Gasteiger partial charge is 0.396 e. The van der Waals surface area contributed by atoms with Gasteiger partial charge in [-0.1, -0.05) is 12.1 Å². The van der Waals surface area contributed by atoms with Crippen LogP contribution < -0.4 is 11.1 Å². The van der Waals surface area contributed by atoms with E-state index in [4.69, 9.17) is 5.73 Å². The first kappa shape index (κ1) is 12.0. The number of aromatic nitrogens is 1. The van der Waals surface area contributed by atoms with Gasteiger partial charge in [-0.3, -0.25) is 4.79 Å². The number of nitrogens with two attached hydrogens (primary N) is 1. The Bertz CT molecular complexity index is 581. The zero-order valence-corrected chi connectivity index (χ0v) is 9.77. The van der Waals surface area contributed by atoms with E-state index in [1.165, 1.54) is 18.2 Å². The Morgan fingerprint density at radius 3 is 2.78 bits per heavy atom. The average Bonchev–Trinajstić information content (AvgIpc) is 2.35. The normalized spacial score (nSPS) is 10.1. The molecule has 5 heteroatoms. The van der Waals surface area contributed by atoms with Crippen molar-refractivity contribution in [1.29, 1.82) is 0 Å². The molecule has 2 rings (SSSR count). The fourth-order valence-corrected chi connectivity index (χ4v) is 1.46. The summed E-state index contributed by atoms with van der Waals surface area (Å²) in [5, 5.41) is 2.56. The van der Waals surface area contributed by atoms with Gasteiger partial charge < -0.3 is 11.1 Å². The summed E-state index contributed by atoms with van der Waals surface area (Å²) < 4.78 is 13.2. The Morgan fingerprint density at radius 1 is 1.33 bits per heavy atom. The zero-order valence-electron chi connectivity index (χ0n) is 9.77. The van der Waals surface area contributed by atoms with E-state index in [1.807, 2.05) is 13.0 Å². The molecule has 0 atom stereocenters. The van der Waals surface area contributed by atoms with Crippen LogP contribution in [0.3, 0.4) is 0 Å². The molecule has 0 aliphatic heterocycles. The highest BCUT2D eigenvalue weighted by Gasteiger charge is 2.12. The highest BCUT2D eigenvalue weighted by atomic mass is 19.1. The van der Waals surface area contributed by atoms with Gasteiger partial charge in [-0.2, -0.15) is 0 Å². The molecule has 0 fully saturated rings. The lowest BCUT2D eigenvalue weighted by Gasteiger charge is -2.07. The standard InChI is InChI=1S/C13H12FN3O/c1-8-5-6-11(16-7-8)17-13(18)9-3-2-4-10(14)12(9)15/h2-7H,15H2,1H3,(H,16,17,18). The van der Waals surface area contributed by atoms with Crippen LogP contribution in [0.1, 0.15) is 15.9 Å². The summed E-state index contributed by atoms with van der Waals surface area (Å²) in [5.74, 6) is -0.697. The molecule has 1 heterocycles. The molecule has 92 valence electrons. The number of aryl methyl sites for hydroxylation is 1. The summed E-state index contributed by atoms with van der Waals surface area (Å²) in [7, 11) is 0. The van der Waals surface area contributed by atoms with Gasteiger partial charge in [0.1, 0.15) is 11.6 Å². The Morgan fingerprint density at radius 2 is 2.11 bits per heavy atom. The number of carbonyl (C=O) groups excluding carboxylic acids is 1. The first-order valence-electron chi connectivity index (χ1n) is 5.36. The summed E-state index contributed by atoms with van der Waals surface area (Å²) in [5.41, 5.74) is 6.42. The van der Waals surface area contributed by atoms with E-state index in [0.717, 1.165) is 5.56 Å². The van der Waals surface area contributed by atoms with Crippen LogP contribution in [0.25, 0.3) is 0 Å². The molecule has 2 aromatic rings. The minimum Gasteiger partial charge on any atom is -0.396 e. The summed E-state index contributed by atoms with van der Waals surface area (Å²) in [6.07, 6.45) is 1.63. The minimum atomic E-state index is -0.612.